The molecule has 0 saturated heterocycles. The molecule has 0 spiro atoms. The number of esters is 1. The van der Waals surface area contributed by atoms with E-state index in [2.05, 4.69) is 5.32 Å². The van der Waals surface area contributed by atoms with Crippen LogP contribution in [0.3, 0.4) is 0 Å². The minimum atomic E-state index is -0.402. The van der Waals surface area contributed by atoms with E-state index in [0.717, 1.165) is 28.9 Å². The van der Waals surface area contributed by atoms with Crippen molar-refractivity contribution >= 4 is 17.6 Å². The van der Waals surface area contributed by atoms with E-state index in [4.69, 9.17) is 4.74 Å². The normalized spacial score (nSPS) is 10.8. The first-order valence-electron chi connectivity index (χ1n) is 11.0. The maximum Gasteiger partial charge on any atom is 0.338 e. The van der Waals surface area contributed by atoms with Crippen LogP contribution < -0.4 is 10.7 Å². The summed E-state index contributed by atoms with van der Waals surface area (Å²) in [6, 6.07) is 3.52. The van der Waals surface area contributed by atoms with Gasteiger partial charge in [-0.05, 0) is 63.3 Å². The predicted octanol–water partition coefficient (Wildman–Crippen LogP) is 4.51. The summed E-state index contributed by atoms with van der Waals surface area (Å²) >= 11 is 0. The molecule has 0 unspecified atom stereocenters. The van der Waals surface area contributed by atoms with E-state index >= 15 is 0 Å². The number of nitrogens with one attached hydrogen (secondary N) is 1. The van der Waals surface area contributed by atoms with Gasteiger partial charge in [-0.15, -0.1) is 0 Å². The van der Waals surface area contributed by atoms with Crippen molar-refractivity contribution in [2.45, 2.75) is 67.2 Å². The largest absolute Gasteiger partial charge is 0.462 e. The summed E-state index contributed by atoms with van der Waals surface area (Å²) in [5, 5.41) is 3.00. The molecule has 0 atom stereocenters. The van der Waals surface area contributed by atoms with Crippen LogP contribution in [-0.2, 0) is 31.0 Å². The lowest BCUT2D eigenvalue weighted by Gasteiger charge is -2.20. The molecule has 1 heterocycles. The van der Waals surface area contributed by atoms with Crippen molar-refractivity contribution in [3.05, 3.63) is 61.6 Å². The highest BCUT2D eigenvalue weighted by atomic mass is 16.5. The first-order valence-corrected chi connectivity index (χ1v) is 11.0. The molecular weight excluding hydrogens is 392 g/mol. The maximum atomic E-state index is 13.4. The highest BCUT2D eigenvalue weighted by molar-refractivity contribution is 6.06. The van der Waals surface area contributed by atoms with Gasteiger partial charge < -0.3 is 14.6 Å². The molecule has 1 aromatic carbocycles. The van der Waals surface area contributed by atoms with Crippen LogP contribution in [0.5, 0.6) is 0 Å². The lowest BCUT2D eigenvalue weighted by molar-refractivity contribution is 0.0526. The average molecular weight is 427 g/mol. The fourth-order valence-corrected chi connectivity index (χ4v) is 3.86. The van der Waals surface area contributed by atoms with Crippen LogP contribution in [0, 0.1) is 13.8 Å². The van der Waals surface area contributed by atoms with Crippen molar-refractivity contribution in [2.75, 3.05) is 11.9 Å². The monoisotopic (exact) mass is 426 g/mol. The molecular formula is C25H34N2O4. The van der Waals surface area contributed by atoms with E-state index in [1.807, 2.05) is 39.3 Å². The fraction of sp³-hybridized carbons (Fsp3) is 0.480. The van der Waals surface area contributed by atoms with Crippen LogP contribution in [-0.4, -0.2) is 23.1 Å². The van der Waals surface area contributed by atoms with E-state index in [-0.39, 0.29) is 17.0 Å². The Morgan fingerprint density at radius 1 is 1.03 bits per heavy atom. The van der Waals surface area contributed by atoms with Gasteiger partial charge in [0.2, 0.25) is 0 Å². The van der Waals surface area contributed by atoms with Gasteiger partial charge in [0.25, 0.3) is 5.91 Å². The number of aryl methyl sites for hydroxylation is 2. The van der Waals surface area contributed by atoms with Crippen LogP contribution in [0.1, 0.15) is 82.9 Å². The van der Waals surface area contributed by atoms with E-state index in [1.165, 1.54) is 0 Å². The summed E-state index contributed by atoms with van der Waals surface area (Å²) in [4.78, 5) is 38.7. The number of pyridine rings is 1. The number of nitrogens with zero attached hydrogens (tertiary/aromatic N) is 1. The van der Waals surface area contributed by atoms with Crippen molar-refractivity contribution in [2.24, 2.45) is 7.05 Å². The third kappa shape index (κ3) is 4.89. The summed E-state index contributed by atoms with van der Waals surface area (Å²) in [6.07, 6.45) is 2.72. The lowest BCUT2D eigenvalue weighted by Crippen LogP contribution is -2.30. The summed E-state index contributed by atoms with van der Waals surface area (Å²) in [6.45, 7) is 11.7. The third-order valence-electron chi connectivity index (χ3n) is 5.83. The van der Waals surface area contributed by atoms with Crippen LogP contribution >= 0.6 is 0 Å². The number of hydrogen-bond acceptors (Lipinski definition) is 4. The van der Waals surface area contributed by atoms with Crippen LogP contribution in [0.25, 0.3) is 0 Å². The average Bonchev–Trinajstić information content (AvgIpc) is 2.76. The Balaban J connectivity index is 2.61. The molecule has 0 fully saturated rings. The van der Waals surface area contributed by atoms with Gasteiger partial charge in [-0.1, -0.05) is 27.2 Å². The minimum Gasteiger partial charge on any atom is -0.462 e. The standard InChI is InChI=1S/C25H34N2O4/c1-8-12-20-21(23(28)15(5)16(6)27(20)7)24(29)26-22-17(9-2)13-19(14-18(22)10-3)25(30)31-11-4/h13-14H,8-12H2,1-7H3,(H,26,29). The molecule has 2 aromatic rings. The molecule has 31 heavy (non-hydrogen) atoms. The van der Waals surface area contributed by atoms with Crippen molar-refractivity contribution in [3.63, 3.8) is 0 Å². The van der Waals surface area contributed by atoms with Crippen molar-refractivity contribution in [1.82, 2.24) is 4.57 Å². The third-order valence-corrected chi connectivity index (χ3v) is 5.83. The number of benzene rings is 1. The Bertz CT molecular complexity index is 1030. The van der Waals surface area contributed by atoms with Crippen LogP contribution in [0.4, 0.5) is 5.69 Å². The second-order valence-corrected chi connectivity index (χ2v) is 7.72. The molecule has 2 rings (SSSR count). The zero-order valence-corrected chi connectivity index (χ0v) is 19.8. The predicted molar refractivity (Wildman–Crippen MR) is 124 cm³/mol. The van der Waals surface area contributed by atoms with Gasteiger partial charge in [-0.3, -0.25) is 9.59 Å². The first kappa shape index (κ1) is 24.4. The van der Waals surface area contributed by atoms with Gasteiger partial charge in [-0.2, -0.15) is 0 Å². The molecule has 0 bridgehead atoms. The van der Waals surface area contributed by atoms with Gasteiger partial charge in [0.05, 0.1) is 12.2 Å². The molecule has 0 saturated carbocycles. The zero-order valence-electron chi connectivity index (χ0n) is 19.8. The van der Waals surface area contributed by atoms with E-state index in [1.54, 1.807) is 26.0 Å². The topological polar surface area (TPSA) is 77.4 Å². The molecule has 1 N–H and O–H groups in total. The fourth-order valence-electron chi connectivity index (χ4n) is 3.86. The van der Waals surface area contributed by atoms with Crippen molar-refractivity contribution in [3.8, 4) is 0 Å². The van der Waals surface area contributed by atoms with Gasteiger partial charge in [-0.25, -0.2) is 4.79 Å². The molecule has 168 valence electrons. The Morgan fingerprint density at radius 2 is 1.61 bits per heavy atom. The number of anilines is 1. The number of amides is 1. The number of carbonyl (C=O) groups is 2. The maximum absolute atomic E-state index is 13.4. The number of ether oxygens (including phenoxy) is 1. The van der Waals surface area contributed by atoms with E-state index in [0.29, 0.717) is 42.7 Å². The Labute approximate surface area is 184 Å². The summed E-state index contributed by atoms with van der Waals surface area (Å²) < 4.78 is 7.09. The quantitative estimate of drug-likeness (QED) is 0.630. The van der Waals surface area contributed by atoms with Crippen LogP contribution in [0.15, 0.2) is 16.9 Å². The van der Waals surface area contributed by atoms with Gasteiger partial charge in [0.15, 0.2) is 5.43 Å². The lowest BCUT2D eigenvalue weighted by atomic mass is 9.98. The summed E-state index contributed by atoms with van der Waals surface area (Å²) in [5.74, 6) is -0.779. The van der Waals surface area contributed by atoms with Gasteiger partial charge in [0.1, 0.15) is 5.56 Å². The molecule has 0 radical (unpaired) electrons. The summed E-state index contributed by atoms with van der Waals surface area (Å²) in [5.41, 5.74) is 4.99. The number of rotatable bonds is 8. The second-order valence-electron chi connectivity index (χ2n) is 7.72. The SMILES string of the molecule is CCCc1c(C(=O)Nc2c(CC)cc(C(=O)OCC)cc2CC)c(=O)c(C)c(C)n1C. The van der Waals surface area contributed by atoms with Gasteiger partial charge in [0, 0.05) is 29.7 Å². The molecule has 1 aromatic heterocycles. The highest BCUT2D eigenvalue weighted by Crippen LogP contribution is 2.26. The Hall–Kier alpha value is -2.89. The number of carbonyl (C=O) groups excluding carboxylic acids is 2. The summed E-state index contributed by atoms with van der Waals surface area (Å²) in [7, 11) is 1.90. The second kappa shape index (κ2) is 10.4. The molecule has 6 heteroatoms. The van der Waals surface area contributed by atoms with Crippen molar-refractivity contribution < 1.29 is 14.3 Å². The Morgan fingerprint density at radius 3 is 2.10 bits per heavy atom. The Kier molecular flexibility index (Phi) is 8.20. The number of hydrogen-bond donors (Lipinski definition) is 1. The molecule has 0 aliphatic rings. The molecule has 0 aliphatic heterocycles. The highest BCUT2D eigenvalue weighted by Gasteiger charge is 2.23. The minimum absolute atomic E-state index is 0.200. The molecule has 0 aliphatic carbocycles. The zero-order chi connectivity index (χ0) is 23.3. The first-order chi connectivity index (χ1) is 14.7. The molecule has 1 amide bonds. The van der Waals surface area contributed by atoms with Crippen molar-refractivity contribution in [1.29, 1.82) is 0 Å². The van der Waals surface area contributed by atoms with E-state index in [9.17, 15) is 14.4 Å². The number of aromatic nitrogens is 1. The molecule has 6 nitrogen and oxygen atoms in total. The van der Waals surface area contributed by atoms with E-state index < -0.39 is 5.91 Å². The smallest absolute Gasteiger partial charge is 0.338 e. The van der Waals surface area contributed by atoms with Crippen LogP contribution in [0.2, 0.25) is 0 Å². The van der Waals surface area contributed by atoms with Gasteiger partial charge >= 0.3 is 5.97 Å².